The van der Waals surface area contributed by atoms with E-state index in [-0.39, 0.29) is 23.9 Å². The number of nitrogens with zero attached hydrogens (tertiary/aromatic N) is 5. The number of fused-ring (bicyclic) bond motifs is 1. The van der Waals surface area contributed by atoms with E-state index in [1.165, 1.54) is 0 Å². The van der Waals surface area contributed by atoms with Gasteiger partial charge >= 0.3 is 0 Å². The molecule has 2 unspecified atom stereocenters. The maximum absolute atomic E-state index is 13.1. The molecule has 9 rings (SSSR count). The highest BCUT2D eigenvalue weighted by Crippen LogP contribution is 2.44. The van der Waals surface area contributed by atoms with Gasteiger partial charge in [0.15, 0.2) is 11.5 Å². The van der Waals surface area contributed by atoms with Gasteiger partial charge in [-0.2, -0.15) is 0 Å². The normalized spacial score (nSPS) is 16.6. The van der Waals surface area contributed by atoms with Crippen LogP contribution in [0.5, 0.6) is 17.2 Å². The molecule has 7 aromatic rings. The number of amides is 2. The molecule has 5 heterocycles. The van der Waals surface area contributed by atoms with E-state index >= 15 is 0 Å². The number of hydrogen-bond donors (Lipinski definition) is 0. The van der Waals surface area contributed by atoms with Crippen molar-refractivity contribution in [3.05, 3.63) is 128 Å². The van der Waals surface area contributed by atoms with Crippen molar-refractivity contribution in [3.8, 4) is 39.8 Å². The first-order chi connectivity index (χ1) is 30.1. The molecule has 0 aliphatic carbocycles. The van der Waals surface area contributed by atoms with Crippen LogP contribution in [0.4, 0.5) is 0 Å². The van der Waals surface area contributed by atoms with Crippen molar-refractivity contribution in [1.29, 1.82) is 0 Å². The minimum absolute atomic E-state index is 0.0810. The Hall–Kier alpha value is -6.05. The third-order valence-electron chi connectivity index (χ3n) is 11.5. The minimum Gasteiger partial charge on any atom is -0.496 e. The summed E-state index contributed by atoms with van der Waals surface area (Å²) in [6.07, 6.45) is 4.55. The predicted molar refractivity (Wildman–Crippen MR) is 244 cm³/mol. The summed E-state index contributed by atoms with van der Waals surface area (Å²) < 4.78 is 22.9. The number of rotatable bonds is 11. The van der Waals surface area contributed by atoms with Crippen LogP contribution < -0.4 is 14.2 Å². The van der Waals surface area contributed by atoms with E-state index in [4.69, 9.17) is 18.6 Å². The van der Waals surface area contributed by atoms with Crippen molar-refractivity contribution in [3.63, 3.8) is 0 Å². The third kappa shape index (κ3) is 9.10. The van der Waals surface area contributed by atoms with Gasteiger partial charge in [-0.25, -0.2) is 15.0 Å². The molecule has 3 aromatic heterocycles. The maximum Gasteiger partial charge on any atom is 0.223 e. The number of aryl methyl sites for hydroxylation is 3. The monoisotopic (exact) mass is 869 g/mol. The SMILES string of the molecule is COc1ccc2nc(C)oc2c1C1CCCC(=O)N1Cc1cccc(-c2csc(C)n2)c1.COc1cccc(OC)c1C1CCCC(=O)N1Cc1cccc(-c2csc(C)n2)c1. The van der Waals surface area contributed by atoms with Gasteiger partial charge in [0.2, 0.25) is 11.8 Å². The summed E-state index contributed by atoms with van der Waals surface area (Å²) in [6.45, 7) is 6.92. The van der Waals surface area contributed by atoms with Crippen LogP contribution in [0.25, 0.3) is 33.6 Å². The molecular formula is C49H51N5O6S2. The number of aromatic nitrogens is 3. The topological polar surface area (TPSA) is 120 Å². The predicted octanol–water partition coefficient (Wildman–Crippen LogP) is 11.2. The molecule has 0 saturated carbocycles. The van der Waals surface area contributed by atoms with Crippen LogP contribution >= 0.6 is 22.7 Å². The number of benzene rings is 4. The lowest BCUT2D eigenvalue weighted by atomic mass is 9.92. The Morgan fingerprint density at radius 3 is 1.60 bits per heavy atom. The van der Waals surface area contributed by atoms with Crippen molar-refractivity contribution >= 4 is 45.6 Å². The second kappa shape index (κ2) is 18.9. The summed E-state index contributed by atoms with van der Waals surface area (Å²) in [7, 11) is 4.97. The first kappa shape index (κ1) is 42.6. The molecule has 4 aromatic carbocycles. The molecule has 2 fully saturated rings. The minimum atomic E-state index is -0.132. The fourth-order valence-electron chi connectivity index (χ4n) is 8.69. The molecular weight excluding hydrogens is 819 g/mol. The van der Waals surface area contributed by atoms with Crippen LogP contribution in [0.3, 0.4) is 0 Å². The highest BCUT2D eigenvalue weighted by Gasteiger charge is 2.35. The van der Waals surface area contributed by atoms with Crippen molar-refractivity contribution in [2.24, 2.45) is 0 Å². The first-order valence-corrected chi connectivity index (χ1v) is 22.7. The molecule has 0 bridgehead atoms. The largest absolute Gasteiger partial charge is 0.496 e. The number of oxazole rings is 1. The van der Waals surface area contributed by atoms with E-state index in [0.29, 0.717) is 37.4 Å². The number of methoxy groups -OCH3 is 3. The van der Waals surface area contributed by atoms with Crippen molar-refractivity contribution in [2.75, 3.05) is 21.3 Å². The summed E-state index contributed by atoms with van der Waals surface area (Å²) in [5.41, 5.74) is 9.61. The van der Waals surface area contributed by atoms with E-state index in [1.807, 2.05) is 73.0 Å². The van der Waals surface area contributed by atoms with Crippen LogP contribution in [0, 0.1) is 20.8 Å². The molecule has 62 heavy (non-hydrogen) atoms. The van der Waals surface area contributed by atoms with Gasteiger partial charge in [-0.1, -0.05) is 42.5 Å². The van der Waals surface area contributed by atoms with Gasteiger partial charge in [0.25, 0.3) is 0 Å². The number of ether oxygens (including phenoxy) is 3. The number of piperidine rings is 2. The Balaban J connectivity index is 0.000000171. The average molecular weight is 870 g/mol. The highest BCUT2D eigenvalue weighted by atomic mass is 32.1. The van der Waals surface area contributed by atoms with Crippen LogP contribution in [-0.2, 0) is 22.7 Å². The Morgan fingerprint density at radius 1 is 0.629 bits per heavy atom. The lowest BCUT2D eigenvalue weighted by Crippen LogP contribution is -2.38. The zero-order valence-corrected chi connectivity index (χ0v) is 37.6. The maximum atomic E-state index is 13.1. The van der Waals surface area contributed by atoms with Gasteiger partial charge in [0, 0.05) is 54.7 Å². The molecule has 0 radical (unpaired) electrons. The number of hydrogen-bond acceptors (Lipinski definition) is 11. The molecule has 2 aliphatic heterocycles. The fraction of sp³-hybridized carbons (Fsp3) is 0.327. The van der Waals surface area contributed by atoms with Crippen LogP contribution in [0.1, 0.15) is 88.8 Å². The molecule has 11 nitrogen and oxygen atoms in total. The van der Waals surface area contributed by atoms with E-state index in [0.717, 1.165) is 103 Å². The smallest absolute Gasteiger partial charge is 0.223 e. The Kier molecular flexibility index (Phi) is 13.0. The lowest BCUT2D eigenvalue weighted by Gasteiger charge is -2.37. The first-order valence-electron chi connectivity index (χ1n) is 20.9. The van der Waals surface area contributed by atoms with Crippen molar-refractivity contribution < 1.29 is 28.2 Å². The van der Waals surface area contributed by atoms with Gasteiger partial charge in [-0.15, -0.1) is 22.7 Å². The van der Waals surface area contributed by atoms with Gasteiger partial charge in [-0.3, -0.25) is 9.59 Å². The Bertz CT molecular complexity index is 2680. The lowest BCUT2D eigenvalue weighted by molar-refractivity contribution is -0.138. The van der Waals surface area contributed by atoms with E-state index in [9.17, 15) is 9.59 Å². The van der Waals surface area contributed by atoms with E-state index < -0.39 is 0 Å². The third-order valence-corrected chi connectivity index (χ3v) is 13.1. The summed E-state index contributed by atoms with van der Waals surface area (Å²) in [5.74, 6) is 3.15. The van der Waals surface area contributed by atoms with Gasteiger partial charge in [0.1, 0.15) is 22.8 Å². The van der Waals surface area contributed by atoms with Crippen molar-refractivity contribution in [2.45, 2.75) is 84.5 Å². The van der Waals surface area contributed by atoms with Gasteiger partial charge in [-0.05, 0) is 87.1 Å². The quantitative estimate of drug-likeness (QED) is 0.125. The fourth-order valence-corrected chi connectivity index (χ4v) is 9.93. The molecule has 0 N–H and O–H groups in total. The van der Waals surface area contributed by atoms with Gasteiger partial charge in [0.05, 0.1) is 65.9 Å². The van der Waals surface area contributed by atoms with E-state index in [2.05, 4.69) is 62.1 Å². The molecule has 13 heteroatoms. The Morgan fingerprint density at radius 2 is 1.11 bits per heavy atom. The molecule has 2 saturated heterocycles. The number of thiazole rings is 2. The van der Waals surface area contributed by atoms with Crippen LogP contribution in [-0.4, -0.2) is 57.9 Å². The second-order valence-corrected chi connectivity index (χ2v) is 17.7. The zero-order chi connectivity index (χ0) is 43.3. The summed E-state index contributed by atoms with van der Waals surface area (Å²) >= 11 is 3.28. The van der Waals surface area contributed by atoms with Crippen molar-refractivity contribution in [1.82, 2.24) is 24.8 Å². The molecule has 2 aliphatic rings. The second-order valence-electron chi connectivity index (χ2n) is 15.6. The Labute approximate surface area is 370 Å². The summed E-state index contributed by atoms with van der Waals surface area (Å²) in [5, 5.41) is 6.23. The van der Waals surface area contributed by atoms with E-state index in [1.54, 1.807) is 44.0 Å². The zero-order valence-electron chi connectivity index (χ0n) is 36.0. The highest BCUT2D eigenvalue weighted by molar-refractivity contribution is 7.10. The number of likely N-dealkylation sites (tertiary alicyclic amines) is 2. The number of carbonyl (C=O) groups is 2. The number of carbonyl (C=O) groups excluding carboxylic acids is 2. The average Bonchev–Trinajstić information content (AvgIpc) is 4.04. The summed E-state index contributed by atoms with van der Waals surface area (Å²) in [4.78, 5) is 43.7. The van der Waals surface area contributed by atoms with Gasteiger partial charge < -0.3 is 28.4 Å². The van der Waals surface area contributed by atoms with Crippen LogP contribution in [0.2, 0.25) is 0 Å². The molecule has 320 valence electrons. The standard InChI is InChI=1S/C25H25N3O3S.C24H26N2O3S/c1-15-26-19-10-11-22(30-3)24(25(19)31-15)21-8-5-9-23(29)28(21)13-17-6-4-7-18(12-17)20-14-32-16(2)27-20;1-16-25-19(15-30-16)18-8-4-7-17(13-18)14-26-20(9-5-12-23(26)27)24-21(28-2)10-6-11-22(24)29-3/h4,6-7,10-12,14,21H,5,8-9,13H2,1-3H3;4,6-8,10-11,13,15,20H,5,9,12,14H2,1-3H3. The summed E-state index contributed by atoms with van der Waals surface area (Å²) in [6, 6.07) is 26.0. The molecule has 2 atom stereocenters. The van der Waals surface area contributed by atoms with Crippen LogP contribution in [0.15, 0.2) is 94.0 Å². The molecule has 0 spiro atoms. The molecule has 2 amide bonds.